The predicted molar refractivity (Wildman–Crippen MR) is 79.4 cm³/mol. The van der Waals surface area contributed by atoms with Crippen LogP contribution >= 0.6 is 23.4 Å². The molecular formula is C12H19ClN4OS. The lowest BCUT2D eigenvalue weighted by Gasteiger charge is -2.22. The first-order valence-corrected chi connectivity index (χ1v) is 7.80. The van der Waals surface area contributed by atoms with Gasteiger partial charge in [-0.2, -0.15) is 26.7 Å². The largest absolute Gasteiger partial charge is 0.464 e. The summed E-state index contributed by atoms with van der Waals surface area (Å²) >= 11 is 7.91. The van der Waals surface area contributed by atoms with E-state index in [0.29, 0.717) is 23.3 Å². The smallest absolute Gasteiger partial charge is 0.322 e. The van der Waals surface area contributed by atoms with E-state index in [4.69, 9.17) is 16.3 Å². The van der Waals surface area contributed by atoms with Gasteiger partial charge in [0.05, 0.1) is 6.61 Å². The monoisotopic (exact) mass is 302 g/mol. The van der Waals surface area contributed by atoms with E-state index < -0.39 is 0 Å². The van der Waals surface area contributed by atoms with Crippen molar-refractivity contribution >= 4 is 29.3 Å². The molecule has 0 aromatic carbocycles. The van der Waals surface area contributed by atoms with Gasteiger partial charge in [0.1, 0.15) is 0 Å². The summed E-state index contributed by atoms with van der Waals surface area (Å²) in [6.45, 7) is 8.79. The van der Waals surface area contributed by atoms with Crippen LogP contribution in [0.4, 0.5) is 5.95 Å². The highest BCUT2D eigenvalue weighted by molar-refractivity contribution is 8.00. The molecule has 2 rings (SSSR count). The molecule has 1 aromatic heterocycles. The van der Waals surface area contributed by atoms with Gasteiger partial charge in [0.25, 0.3) is 0 Å². The molecule has 2 heterocycles. The van der Waals surface area contributed by atoms with E-state index in [0.717, 1.165) is 25.3 Å². The van der Waals surface area contributed by atoms with Gasteiger partial charge in [0.15, 0.2) is 0 Å². The van der Waals surface area contributed by atoms with Crippen LogP contribution in [-0.4, -0.2) is 45.1 Å². The zero-order chi connectivity index (χ0) is 13.9. The molecular weight excluding hydrogens is 284 g/mol. The van der Waals surface area contributed by atoms with Crippen LogP contribution in [0.25, 0.3) is 0 Å². The molecule has 1 fully saturated rings. The minimum absolute atomic E-state index is 0.185. The average Bonchev–Trinajstić information content (AvgIpc) is 2.50. The third-order valence-corrected chi connectivity index (χ3v) is 4.51. The van der Waals surface area contributed by atoms with Crippen LogP contribution < -0.4 is 9.64 Å². The normalized spacial score (nSPS) is 19.1. The first-order chi connectivity index (χ1) is 9.00. The van der Waals surface area contributed by atoms with Gasteiger partial charge in [-0.25, -0.2) is 0 Å². The zero-order valence-corrected chi connectivity index (χ0v) is 13.1. The maximum Gasteiger partial charge on any atom is 0.322 e. The molecule has 5 nitrogen and oxygen atoms in total. The maximum absolute atomic E-state index is 5.93. The number of aromatic nitrogens is 3. The van der Waals surface area contributed by atoms with E-state index in [-0.39, 0.29) is 5.28 Å². The van der Waals surface area contributed by atoms with E-state index in [2.05, 4.69) is 33.7 Å². The zero-order valence-electron chi connectivity index (χ0n) is 11.5. The quantitative estimate of drug-likeness (QED) is 0.855. The van der Waals surface area contributed by atoms with Crippen molar-refractivity contribution in [1.82, 2.24) is 15.0 Å². The van der Waals surface area contributed by atoms with Gasteiger partial charge in [-0.3, -0.25) is 0 Å². The molecule has 0 radical (unpaired) electrons. The van der Waals surface area contributed by atoms with Gasteiger partial charge in [-0.1, -0.05) is 13.8 Å². The van der Waals surface area contributed by atoms with E-state index in [1.165, 1.54) is 0 Å². The van der Waals surface area contributed by atoms with Crippen LogP contribution in [0.15, 0.2) is 0 Å². The van der Waals surface area contributed by atoms with Crippen LogP contribution in [0.5, 0.6) is 6.01 Å². The van der Waals surface area contributed by atoms with Crippen LogP contribution in [-0.2, 0) is 0 Å². The van der Waals surface area contributed by atoms with Gasteiger partial charge >= 0.3 is 6.01 Å². The SMILES string of the molecule is CCOc1nc(Cl)nc(N2CCSC(C)(C)CC2)n1. The molecule has 1 saturated heterocycles. The molecule has 1 aliphatic heterocycles. The summed E-state index contributed by atoms with van der Waals surface area (Å²) in [6.07, 6.45) is 1.09. The summed E-state index contributed by atoms with van der Waals surface area (Å²) < 4.78 is 5.61. The highest BCUT2D eigenvalue weighted by atomic mass is 35.5. The molecule has 0 amide bonds. The Kier molecular flexibility index (Phi) is 4.73. The second-order valence-corrected chi connectivity index (χ2v) is 7.11. The second kappa shape index (κ2) is 6.13. The highest BCUT2D eigenvalue weighted by Crippen LogP contribution is 2.31. The fraction of sp³-hybridized carbons (Fsp3) is 0.750. The van der Waals surface area contributed by atoms with Crippen molar-refractivity contribution in [2.45, 2.75) is 31.9 Å². The van der Waals surface area contributed by atoms with Gasteiger partial charge in [-0.15, -0.1) is 0 Å². The molecule has 1 aromatic rings. The summed E-state index contributed by atoms with van der Waals surface area (Å²) in [5.41, 5.74) is 0. The Bertz CT molecular complexity index is 444. The topological polar surface area (TPSA) is 51.1 Å². The predicted octanol–water partition coefficient (Wildman–Crippen LogP) is 2.65. The van der Waals surface area contributed by atoms with Crippen molar-refractivity contribution in [3.63, 3.8) is 0 Å². The van der Waals surface area contributed by atoms with Gasteiger partial charge < -0.3 is 9.64 Å². The first-order valence-electron chi connectivity index (χ1n) is 6.43. The molecule has 0 atom stereocenters. The number of anilines is 1. The lowest BCUT2D eigenvalue weighted by Crippen LogP contribution is -2.29. The fourth-order valence-electron chi connectivity index (χ4n) is 1.88. The molecule has 0 unspecified atom stereocenters. The summed E-state index contributed by atoms with van der Waals surface area (Å²) in [5, 5.41) is 0.185. The van der Waals surface area contributed by atoms with Crippen LogP contribution in [0.3, 0.4) is 0 Å². The fourth-order valence-corrected chi connectivity index (χ4v) is 3.13. The van der Waals surface area contributed by atoms with Crippen molar-refractivity contribution in [2.24, 2.45) is 0 Å². The number of hydrogen-bond donors (Lipinski definition) is 0. The molecule has 0 N–H and O–H groups in total. The minimum Gasteiger partial charge on any atom is -0.464 e. The Morgan fingerprint density at radius 1 is 1.32 bits per heavy atom. The molecule has 19 heavy (non-hydrogen) atoms. The number of hydrogen-bond acceptors (Lipinski definition) is 6. The summed E-state index contributed by atoms with van der Waals surface area (Å²) in [6, 6.07) is 0.300. The third kappa shape index (κ3) is 4.11. The Balaban J connectivity index is 2.16. The Hall–Kier alpha value is -0.750. The van der Waals surface area contributed by atoms with Gasteiger partial charge in [-0.05, 0) is 24.9 Å². The third-order valence-electron chi connectivity index (χ3n) is 2.97. The van der Waals surface area contributed by atoms with Crippen molar-refractivity contribution in [1.29, 1.82) is 0 Å². The van der Waals surface area contributed by atoms with Crippen molar-refractivity contribution in [2.75, 3.05) is 30.3 Å². The molecule has 1 aliphatic rings. The Labute approximate surface area is 123 Å². The lowest BCUT2D eigenvalue weighted by molar-refractivity contribution is 0.311. The highest BCUT2D eigenvalue weighted by Gasteiger charge is 2.25. The molecule has 0 spiro atoms. The number of ether oxygens (including phenoxy) is 1. The molecule has 0 saturated carbocycles. The Morgan fingerprint density at radius 3 is 2.84 bits per heavy atom. The molecule has 106 valence electrons. The molecule has 0 aliphatic carbocycles. The van der Waals surface area contributed by atoms with Crippen molar-refractivity contribution in [3.8, 4) is 6.01 Å². The van der Waals surface area contributed by atoms with Gasteiger partial charge in [0.2, 0.25) is 11.2 Å². The van der Waals surface area contributed by atoms with E-state index in [1.807, 2.05) is 18.7 Å². The number of thioether (sulfide) groups is 1. The summed E-state index contributed by atoms with van der Waals surface area (Å²) in [5.74, 6) is 1.67. The minimum atomic E-state index is 0.185. The van der Waals surface area contributed by atoms with E-state index >= 15 is 0 Å². The lowest BCUT2D eigenvalue weighted by atomic mass is 10.1. The summed E-state index contributed by atoms with van der Waals surface area (Å²) in [4.78, 5) is 14.6. The average molecular weight is 303 g/mol. The summed E-state index contributed by atoms with van der Waals surface area (Å²) in [7, 11) is 0. The number of nitrogens with zero attached hydrogens (tertiary/aromatic N) is 4. The van der Waals surface area contributed by atoms with Crippen LogP contribution in [0.1, 0.15) is 27.2 Å². The van der Waals surface area contributed by atoms with Crippen LogP contribution in [0.2, 0.25) is 5.28 Å². The molecule has 7 heteroatoms. The van der Waals surface area contributed by atoms with E-state index in [1.54, 1.807) is 0 Å². The number of rotatable bonds is 3. The van der Waals surface area contributed by atoms with Crippen molar-refractivity contribution in [3.05, 3.63) is 5.28 Å². The number of halogens is 1. The van der Waals surface area contributed by atoms with Crippen molar-refractivity contribution < 1.29 is 4.74 Å². The Morgan fingerprint density at radius 2 is 2.11 bits per heavy atom. The second-order valence-electron chi connectivity index (χ2n) is 4.97. The van der Waals surface area contributed by atoms with Gasteiger partial charge in [0, 0.05) is 23.6 Å². The molecule has 0 bridgehead atoms. The maximum atomic E-state index is 5.93. The standard InChI is InChI=1S/C12H19ClN4OS/c1-4-18-11-15-9(13)14-10(16-11)17-6-5-12(2,3)19-8-7-17/h4-8H2,1-3H3. The van der Waals surface area contributed by atoms with Crippen LogP contribution in [0, 0.1) is 0 Å². The van der Waals surface area contributed by atoms with E-state index in [9.17, 15) is 0 Å². The first kappa shape index (κ1) is 14.7.